The van der Waals surface area contributed by atoms with Gasteiger partial charge in [-0.05, 0) is 36.8 Å². The molecule has 1 aromatic carbocycles. The summed E-state index contributed by atoms with van der Waals surface area (Å²) in [6.07, 6.45) is 1.73. The number of carbonyl (C=O) groups is 1. The molecule has 0 saturated heterocycles. The van der Waals surface area contributed by atoms with Crippen molar-refractivity contribution in [3.8, 4) is 5.75 Å². The van der Waals surface area contributed by atoms with Gasteiger partial charge in [-0.15, -0.1) is 0 Å². The second kappa shape index (κ2) is 5.30. The second-order valence-corrected chi connectivity index (χ2v) is 5.44. The van der Waals surface area contributed by atoms with E-state index in [1.807, 2.05) is 26.0 Å². The molecule has 0 fully saturated rings. The van der Waals surface area contributed by atoms with Gasteiger partial charge in [-0.1, -0.05) is 13.0 Å². The number of rotatable bonds is 2. The molecule has 1 aliphatic carbocycles. The van der Waals surface area contributed by atoms with Crippen molar-refractivity contribution in [2.75, 3.05) is 7.11 Å². The summed E-state index contributed by atoms with van der Waals surface area (Å²) in [4.78, 5) is 24.8. The maximum atomic E-state index is 12.5. The number of ketones is 1. The molecule has 1 heterocycles. The molecule has 0 saturated carbocycles. The van der Waals surface area contributed by atoms with E-state index < -0.39 is 0 Å². The fourth-order valence-electron chi connectivity index (χ4n) is 2.84. The molecule has 1 unspecified atom stereocenters. The van der Waals surface area contributed by atoms with E-state index >= 15 is 0 Å². The summed E-state index contributed by atoms with van der Waals surface area (Å²) in [7, 11) is 1.58. The van der Waals surface area contributed by atoms with Gasteiger partial charge in [0.05, 0.1) is 12.8 Å². The summed E-state index contributed by atoms with van der Waals surface area (Å²) in [6, 6.07) is 10.4. The fourth-order valence-corrected chi connectivity index (χ4v) is 2.84. The smallest absolute Gasteiger partial charge is 0.255 e. The number of fused-ring (bicyclic) bond motifs is 1. The summed E-state index contributed by atoms with van der Waals surface area (Å²) in [6.45, 7) is 3.78. The fraction of sp³-hybridized carbons (Fsp3) is 0.222. The Morgan fingerprint density at radius 3 is 2.55 bits per heavy atom. The van der Waals surface area contributed by atoms with Crippen molar-refractivity contribution in [2.45, 2.75) is 13.8 Å². The van der Waals surface area contributed by atoms with E-state index in [2.05, 4.69) is 0 Å². The van der Waals surface area contributed by atoms with E-state index in [-0.39, 0.29) is 17.3 Å². The minimum absolute atomic E-state index is 0.0721. The van der Waals surface area contributed by atoms with Gasteiger partial charge in [-0.2, -0.15) is 0 Å². The van der Waals surface area contributed by atoms with Crippen LogP contribution in [0.15, 0.2) is 53.0 Å². The van der Waals surface area contributed by atoms with Crippen LogP contribution in [-0.2, 0) is 0 Å². The van der Waals surface area contributed by atoms with Crippen LogP contribution < -0.4 is 10.3 Å². The highest BCUT2D eigenvalue weighted by molar-refractivity contribution is 6.07. The number of allylic oxidation sites excluding steroid dienone is 1. The first-order valence-electron chi connectivity index (χ1n) is 7.16. The molecule has 1 aliphatic rings. The molecule has 0 radical (unpaired) electrons. The molecular weight excluding hydrogens is 278 g/mol. The molecule has 1 aromatic heterocycles. The zero-order valence-electron chi connectivity index (χ0n) is 12.8. The number of ether oxygens (including phenoxy) is 1. The van der Waals surface area contributed by atoms with Crippen LogP contribution in [0, 0.1) is 5.92 Å². The maximum Gasteiger partial charge on any atom is 0.255 e. The van der Waals surface area contributed by atoms with Gasteiger partial charge < -0.3 is 4.74 Å². The van der Waals surface area contributed by atoms with Crippen molar-refractivity contribution in [1.82, 2.24) is 4.57 Å². The Hall–Kier alpha value is -2.62. The third-order valence-electron chi connectivity index (χ3n) is 4.23. The summed E-state index contributed by atoms with van der Waals surface area (Å²) in [5.74, 6) is 0.487. The number of carbonyl (C=O) groups excluding carboxylic acids is 1. The van der Waals surface area contributed by atoms with Crippen LogP contribution in [0.25, 0.3) is 5.70 Å². The first-order valence-corrected chi connectivity index (χ1v) is 7.16. The number of nitrogens with zero attached hydrogens (tertiary/aromatic N) is 1. The van der Waals surface area contributed by atoms with Crippen molar-refractivity contribution < 1.29 is 9.53 Å². The Kier molecular flexibility index (Phi) is 3.45. The van der Waals surface area contributed by atoms with Gasteiger partial charge >= 0.3 is 0 Å². The monoisotopic (exact) mass is 295 g/mol. The minimum atomic E-state index is -0.247. The van der Waals surface area contributed by atoms with Crippen molar-refractivity contribution in [2.24, 2.45) is 5.92 Å². The van der Waals surface area contributed by atoms with Crippen LogP contribution in [0.5, 0.6) is 5.75 Å². The molecule has 0 amide bonds. The lowest BCUT2D eigenvalue weighted by molar-refractivity contribution is 0.0945. The molecule has 3 rings (SSSR count). The topological polar surface area (TPSA) is 48.3 Å². The average molecular weight is 295 g/mol. The summed E-state index contributed by atoms with van der Waals surface area (Å²) in [5, 5.41) is 0. The summed E-state index contributed by atoms with van der Waals surface area (Å²) >= 11 is 0. The summed E-state index contributed by atoms with van der Waals surface area (Å²) in [5.41, 5.74) is 2.91. The first-order chi connectivity index (χ1) is 10.5. The van der Waals surface area contributed by atoms with E-state index in [9.17, 15) is 9.59 Å². The molecule has 22 heavy (non-hydrogen) atoms. The lowest BCUT2D eigenvalue weighted by Gasteiger charge is -2.26. The zero-order valence-corrected chi connectivity index (χ0v) is 12.8. The van der Waals surface area contributed by atoms with Crippen LogP contribution in [0.4, 0.5) is 0 Å². The van der Waals surface area contributed by atoms with Crippen molar-refractivity contribution in [1.29, 1.82) is 0 Å². The number of Topliss-reactive ketones (excluding diaryl/α,β-unsaturated/α-hetero) is 1. The number of hydrogen-bond donors (Lipinski definition) is 0. The van der Waals surface area contributed by atoms with Crippen LogP contribution in [-0.4, -0.2) is 17.5 Å². The van der Waals surface area contributed by atoms with Crippen molar-refractivity contribution in [3.63, 3.8) is 0 Å². The largest absolute Gasteiger partial charge is 0.497 e. The Labute approximate surface area is 128 Å². The molecule has 4 heteroatoms. The number of hydrogen-bond acceptors (Lipinski definition) is 3. The molecule has 112 valence electrons. The molecular formula is C18H17NO3. The summed E-state index contributed by atoms with van der Waals surface area (Å²) < 4.78 is 6.86. The van der Waals surface area contributed by atoms with Gasteiger partial charge in [-0.25, -0.2) is 0 Å². The predicted molar refractivity (Wildman–Crippen MR) is 85.2 cm³/mol. The molecule has 0 aliphatic heterocycles. The van der Waals surface area contributed by atoms with E-state index in [1.54, 1.807) is 36.1 Å². The average Bonchev–Trinajstić information content (AvgIpc) is 2.54. The van der Waals surface area contributed by atoms with Crippen molar-refractivity contribution >= 4 is 11.5 Å². The minimum Gasteiger partial charge on any atom is -0.497 e. The lowest BCUT2D eigenvalue weighted by Crippen LogP contribution is -2.27. The van der Waals surface area contributed by atoms with Crippen LogP contribution in [0.3, 0.4) is 0 Å². The van der Waals surface area contributed by atoms with Crippen LogP contribution >= 0.6 is 0 Å². The third kappa shape index (κ3) is 2.08. The second-order valence-electron chi connectivity index (χ2n) is 5.44. The van der Waals surface area contributed by atoms with Gasteiger partial charge in [0.15, 0.2) is 5.78 Å². The van der Waals surface area contributed by atoms with Gasteiger partial charge in [-0.3, -0.25) is 14.2 Å². The standard InChI is InChI=1S/C18H17NO3/c1-11-12(2)18(21)14-8-7-13(22-3)10-15(14)17(11)19-9-5-4-6-16(19)20/h4-10,12H,1-3H3. The molecule has 0 N–H and O–H groups in total. The van der Waals surface area contributed by atoms with Gasteiger partial charge in [0.25, 0.3) is 5.56 Å². The van der Waals surface area contributed by atoms with E-state index in [1.165, 1.54) is 6.07 Å². The molecule has 2 aromatic rings. The Bertz CT molecular complexity index is 845. The lowest BCUT2D eigenvalue weighted by atomic mass is 9.81. The predicted octanol–water partition coefficient (Wildman–Crippen LogP) is 2.97. The Morgan fingerprint density at radius 1 is 1.09 bits per heavy atom. The normalized spacial score (nSPS) is 17.4. The van der Waals surface area contributed by atoms with Gasteiger partial charge in [0.1, 0.15) is 5.75 Å². The number of pyridine rings is 1. The number of benzene rings is 1. The molecule has 0 spiro atoms. The SMILES string of the molecule is COc1ccc2c(c1)C(n1ccccc1=O)=C(C)C(C)C2=O. The quantitative estimate of drug-likeness (QED) is 0.856. The zero-order chi connectivity index (χ0) is 15.9. The van der Waals surface area contributed by atoms with E-state index in [0.717, 1.165) is 16.8 Å². The maximum absolute atomic E-state index is 12.5. The van der Waals surface area contributed by atoms with Crippen LogP contribution in [0.2, 0.25) is 0 Å². The van der Waals surface area contributed by atoms with E-state index in [4.69, 9.17) is 4.74 Å². The molecule has 0 bridgehead atoms. The highest BCUT2D eigenvalue weighted by Gasteiger charge is 2.30. The number of methoxy groups -OCH3 is 1. The van der Waals surface area contributed by atoms with Gasteiger partial charge in [0, 0.05) is 29.3 Å². The third-order valence-corrected chi connectivity index (χ3v) is 4.23. The Morgan fingerprint density at radius 2 is 1.86 bits per heavy atom. The Balaban J connectivity index is 2.35. The van der Waals surface area contributed by atoms with Gasteiger partial charge in [0.2, 0.25) is 0 Å². The first kappa shape index (κ1) is 14.3. The van der Waals surface area contributed by atoms with Crippen LogP contribution in [0.1, 0.15) is 29.8 Å². The highest BCUT2D eigenvalue weighted by atomic mass is 16.5. The molecule has 4 nitrogen and oxygen atoms in total. The van der Waals surface area contributed by atoms with E-state index in [0.29, 0.717) is 11.3 Å². The number of aromatic nitrogens is 1. The highest BCUT2D eigenvalue weighted by Crippen LogP contribution is 2.36. The molecule has 1 atom stereocenters. The van der Waals surface area contributed by atoms with Crippen molar-refractivity contribution in [3.05, 3.63) is 69.6 Å².